The van der Waals surface area contributed by atoms with Gasteiger partial charge in [-0.25, -0.2) is 9.59 Å². The minimum atomic E-state index is -1.43. The van der Waals surface area contributed by atoms with E-state index < -0.39 is 22.2 Å². The second kappa shape index (κ2) is 4.93. The van der Waals surface area contributed by atoms with Gasteiger partial charge in [-0.1, -0.05) is 0 Å². The molecular weight excluding hydrogens is 282 g/mol. The Labute approximate surface area is 118 Å². The highest BCUT2D eigenvalue weighted by Crippen LogP contribution is 2.19. The van der Waals surface area contributed by atoms with E-state index in [1.807, 2.05) is 0 Å². The first-order valence-electron chi connectivity index (χ1n) is 5.93. The SMILES string of the molecule is COC(=O)C(C)(C)On1c(=O)[nH]c2ccc([N+](=O)[O-])cc21. The molecule has 112 valence electrons. The maximum absolute atomic E-state index is 11.9. The molecule has 0 aliphatic heterocycles. The highest BCUT2D eigenvalue weighted by molar-refractivity contribution is 5.80. The number of non-ortho nitro benzene ring substituents is 1. The van der Waals surface area contributed by atoms with Crippen LogP contribution in [0, 0.1) is 10.1 Å². The summed E-state index contributed by atoms with van der Waals surface area (Å²) in [6.45, 7) is 2.84. The van der Waals surface area contributed by atoms with E-state index in [9.17, 15) is 19.7 Å². The van der Waals surface area contributed by atoms with Gasteiger partial charge in [-0.15, -0.1) is 4.73 Å². The number of aromatic amines is 1. The average Bonchev–Trinajstić information content (AvgIpc) is 2.73. The number of H-pyrrole nitrogens is 1. The molecule has 2 rings (SSSR count). The summed E-state index contributed by atoms with van der Waals surface area (Å²) in [5.74, 6) is -0.686. The van der Waals surface area contributed by atoms with Gasteiger partial charge in [0.2, 0.25) is 5.60 Å². The van der Waals surface area contributed by atoms with Crippen molar-refractivity contribution in [2.75, 3.05) is 7.11 Å². The first-order valence-corrected chi connectivity index (χ1v) is 5.93. The molecule has 0 spiro atoms. The van der Waals surface area contributed by atoms with Crippen molar-refractivity contribution in [1.29, 1.82) is 0 Å². The number of nitrogens with one attached hydrogen (secondary N) is 1. The molecule has 0 bridgehead atoms. The number of imidazole rings is 1. The topological polar surface area (TPSA) is 116 Å². The van der Waals surface area contributed by atoms with Crippen molar-refractivity contribution in [2.24, 2.45) is 0 Å². The van der Waals surface area contributed by atoms with Gasteiger partial charge in [0.05, 0.1) is 17.5 Å². The lowest BCUT2D eigenvalue weighted by atomic mass is 10.1. The molecule has 1 N–H and O–H groups in total. The summed E-state index contributed by atoms with van der Waals surface area (Å²) in [6, 6.07) is 3.83. The predicted octanol–water partition coefficient (Wildman–Crippen LogP) is 0.618. The third kappa shape index (κ3) is 2.57. The number of esters is 1. The number of nitro groups is 1. The molecule has 9 nitrogen and oxygen atoms in total. The zero-order valence-corrected chi connectivity index (χ0v) is 11.6. The van der Waals surface area contributed by atoms with Gasteiger partial charge < -0.3 is 14.6 Å². The molecule has 21 heavy (non-hydrogen) atoms. The van der Waals surface area contributed by atoms with Gasteiger partial charge in [0.25, 0.3) is 5.69 Å². The molecule has 1 aromatic heterocycles. The van der Waals surface area contributed by atoms with Crippen LogP contribution in [0.3, 0.4) is 0 Å². The van der Waals surface area contributed by atoms with E-state index in [2.05, 4.69) is 9.72 Å². The molecule has 2 aromatic rings. The number of rotatable bonds is 4. The molecule has 0 atom stereocenters. The van der Waals surface area contributed by atoms with Crippen molar-refractivity contribution in [1.82, 2.24) is 9.71 Å². The van der Waals surface area contributed by atoms with Crippen molar-refractivity contribution < 1.29 is 19.3 Å². The van der Waals surface area contributed by atoms with E-state index in [-0.39, 0.29) is 11.2 Å². The first kappa shape index (κ1) is 14.6. The maximum Gasteiger partial charge on any atom is 0.359 e. The number of hydrogen-bond acceptors (Lipinski definition) is 6. The Hall–Kier alpha value is -2.84. The van der Waals surface area contributed by atoms with E-state index in [1.165, 1.54) is 39.2 Å². The Morgan fingerprint density at radius 2 is 2.10 bits per heavy atom. The molecule has 0 radical (unpaired) electrons. The average molecular weight is 295 g/mol. The quantitative estimate of drug-likeness (QED) is 0.502. The summed E-state index contributed by atoms with van der Waals surface area (Å²) in [6.07, 6.45) is 0. The van der Waals surface area contributed by atoms with Crippen LogP contribution in [0.15, 0.2) is 23.0 Å². The molecule has 1 aromatic carbocycles. The second-order valence-corrected chi connectivity index (χ2v) is 4.78. The van der Waals surface area contributed by atoms with Gasteiger partial charge in [0, 0.05) is 12.1 Å². The van der Waals surface area contributed by atoms with Gasteiger partial charge in [-0.2, -0.15) is 0 Å². The molecule has 0 unspecified atom stereocenters. The fourth-order valence-electron chi connectivity index (χ4n) is 1.78. The Bertz CT molecular complexity index is 773. The summed E-state index contributed by atoms with van der Waals surface area (Å²) in [5.41, 5.74) is -1.77. The summed E-state index contributed by atoms with van der Waals surface area (Å²) in [4.78, 5) is 41.5. The minimum absolute atomic E-state index is 0.158. The highest BCUT2D eigenvalue weighted by Gasteiger charge is 2.33. The third-order valence-corrected chi connectivity index (χ3v) is 2.83. The number of fused-ring (bicyclic) bond motifs is 1. The van der Waals surface area contributed by atoms with Crippen molar-refractivity contribution in [3.63, 3.8) is 0 Å². The monoisotopic (exact) mass is 295 g/mol. The molecule has 9 heteroatoms. The first-order chi connectivity index (χ1) is 9.76. The smallest absolute Gasteiger partial charge is 0.359 e. The van der Waals surface area contributed by atoms with Crippen LogP contribution in [0.5, 0.6) is 0 Å². The Balaban J connectivity index is 2.55. The zero-order valence-electron chi connectivity index (χ0n) is 11.6. The number of benzene rings is 1. The molecule has 0 fully saturated rings. The Morgan fingerprint density at radius 1 is 1.43 bits per heavy atom. The lowest BCUT2D eigenvalue weighted by Crippen LogP contribution is -2.46. The molecule has 0 aliphatic rings. The van der Waals surface area contributed by atoms with Crippen LogP contribution >= 0.6 is 0 Å². The summed E-state index contributed by atoms with van der Waals surface area (Å²) in [7, 11) is 1.19. The van der Waals surface area contributed by atoms with Crippen molar-refractivity contribution in [3.8, 4) is 0 Å². The molecule has 0 aliphatic carbocycles. The van der Waals surface area contributed by atoms with Gasteiger partial charge in [0.15, 0.2) is 0 Å². The number of methoxy groups -OCH3 is 1. The van der Waals surface area contributed by atoms with Crippen LogP contribution < -0.4 is 10.5 Å². The van der Waals surface area contributed by atoms with E-state index in [1.54, 1.807) is 0 Å². The predicted molar refractivity (Wildman–Crippen MR) is 71.9 cm³/mol. The molecule has 0 amide bonds. The molecular formula is C12H13N3O6. The lowest BCUT2D eigenvalue weighted by Gasteiger charge is -2.22. The normalized spacial score (nSPS) is 11.4. The van der Waals surface area contributed by atoms with Gasteiger partial charge in [-0.05, 0) is 19.9 Å². The number of aromatic nitrogens is 2. The Kier molecular flexibility index (Phi) is 3.42. The van der Waals surface area contributed by atoms with Gasteiger partial charge >= 0.3 is 11.7 Å². The second-order valence-electron chi connectivity index (χ2n) is 4.78. The fraction of sp³-hybridized carbons (Fsp3) is 0.333. The fourth-order valence-corrected chi connectivity index (χ4v) is 1.78. The number of carbonyl (C=O) groups is 1. The Morgan fingerprint density at radius 3 is 2.67 bits per heavy atom. The van der Waals surface area contributed by atoms with Crippen molar-refractivity contribution in [3.05, 3.63) is 38.8 Å². The third-order valence-electron chi connectivity index (χ3n) is 2.83. The van der Waals surface area contributed by atoms with Crippen LogP contribution in [-0.4, -0.2) is 33.3 Å². The number of ether oxygens (including phenoxy) is 1. The zero-order chi connectivity index (χ0) is 15.8. The summed E-state index contributed by atoms with van der Waals surface area (Å²) < 4.78 is 5.38. The van der Waals surface area contributed by atoms with Gasteiger partial charge in [0.1, 0.15) is 5.52 Å². The largest absolute Gasteiger partial charge is 0.466 e. The summed E-state index contributed by atoms with van der Waals surface area (Å²) >= 11 is 0. The van der Waals surface area contributed by atoms with Crippen LogP contribution in [0.25, 0.3) is 11.0 Å². The summed E-state index contributed by atoms with van der Waals surface area (Å²) in [5, 5.41) is 10.8. The number of nitro benzene ring substituents is 1. The number of nitrogens with zero attached hydrogens (tertiary/aromatic N) is 2. The standard InChI is InChI=1S/C12H13N3O6/c1-12(2,10(16)20-3)21-14-9-6-7(15(18)19)4-5-8(9)13-11(14)17/h4-6H,1-3H3,(H,13,17). The molecule has 1 heterocycles. The van der Waals surface area contributed by atoms with Crippen molar-refractivity contribution in [2.45, 2.75) is 19.4 Å². The molecule has 0 saturated carbocycles. The van der Waals surface area contributed by atoms with E-state index in [4.69, 9.17) is 4.84 Å². The van der Waals surface area contributed by atoms with E-state index in [0.717, 1.165) is 4.73 Å². The highest BCUT2D eigenvalue weighted by atomic mass is 16.7. The molecule has 0 saturated heterocycles. The van der Waals surface area contributed by atoms with Gasteiger partial charge in [-0.3, -0.25) is 10.1 Å². The maximum atomic E-state index is 11.9. The minimum Gasteiger partial charge on any atom is -0.466 e. The number of carbonyl (C=O) groups excluding carboxylic acids is 1. The number of hydrogen-bond donors (Lipinski definition) is 1. The van der Waals surface area contributed by atoms with E-state index >= 15 is 0 Å². The van der Waals surface area contributed by atoms with Crippen LogP contribution in [0.4, 0.5) is 5.69 Å². The van der Waals surface area contributed by atoms with Crippen LogP contribution in [-0.2, 0) is 9.53 Å². The van der Waals surface area contributed by atoms with Crippen molar-refractivity contribution >= 4 is 22.7 Å². The lowest BCUT2D eigenvalue weighted by molar-refractivity contribution is -0.384. The van der Waals surface area contributed by atoms with Crippen LogP contribution in [0.1, 0.15) is 13.8 Å². The van der Waals surface area contributed by atoms with Crippen LogP contribution in [0.2, 0.25) is 0 Å². The van der Waals surface area contributed by atoms with E-state index in [0.29, 0.717) is 5.52 Å².